The van der Waals surface area contributed by atoms with Crippen molar-refractivity contribution in [2.75, 3.05) is 13.1 Å². The quantitative estimate of drug-likeness (QED) is 0.903. The van der Waals surface area contributed by atoms with Crippen molar-refractivity contribution in [2.24, 2.45) is 5.73 Å². The lowest BCUT2D eigenvalue weighted by atomic mass is 10.2. The molecule has 7 heteroatoms. The van der Waals surface area contributed by atoms with Gasteiger partial charge in [-0.25, -0.2) is 8.78 Å². The lowest BCUT2D eigenvalue weighted by Gasteiger charge is -2.13. The van der Waals surface area contributed by atoms with Crippen molar-refractivity contribution in [3.63, 3.8) is 0 Å². The molecule has 2 aromatic rings. The van der Waals surface area contributed by atoms with Crippen LogP contribution >= 0.6 is 15.9 Å². The molecule has 0 saturated carbocycles. The lowest BCUT2D eigenvalue weighted by molar-refractivity contribution is 0.0116. The summed E-state index contributed by atoms with van der Waals surface area (Å²) in [5.74, 6) is -3.83. The molecule has 0 fully saturated rings. The van der Waals surface area contributed by atoms with E-state index in [-0.39, 0.29) is 5.76 Å². The number of carbonyl (C=O) groups is 1. The maximum absolute atomic E-state index is 12.9. The molecule has 2 rings (SSSR count). The fourth-order valence-electron chi connectivity index (χ4n) is 1.49. The second-order valence-corrected chi connectivity index (χ2v) is 4.95. The molecule has 0 aliphatic carbocycles. The first-order valence-electron chi connectivity index (χ1n) is 5.46. The Bertz CT molecular complexity index is 613. The Hall–Kier alpha value is -1.47. The van der Waals surface area contributed by atoms with Gasteiger partial charge in [-0.05, 0) is 24.3 Å². The molecule has 1 aromatic carbocycles. The summed E-state index contributed by atoms with van der Waals surface area (Å²) in [7, 11) is 0. The Kier molecular flexibility index (Phi) is 3.86. The van der Waals surface area contributed by atoms with E-state index in [0.717, 1.165) is 4.47 Å². The third-order valence-electron chi connectivity index (χ3n) is 2.51. The average Bonchev–Trinajstić information content (AvgIpc) is 2.79. The molecular formula is C12H11BrF2N2O2. The Morgan fingerprint density at radius 1 is 1.42 bits per heavy atom. The largest absolute Gasteiger partial charge is 0.451 e. The summed E-state index contributed by atoms with van der Waals surface area (Å²) in [5.41, 5.74) is 5.39. The SMILES string of the molecule is NCC(F)(F)CNC(=O)c1cc2cc(Br)ccc2o1. The normalized spacial score (nSPS) is 11.8. The van der Waals surface area contributed by atoms with Crippen LogP contribution in [-0.4, -0.2) is 24.9 Å². The van der Waals surface area contributed by atoms with Gasteiger partial charge in [-0.1, -0.05) is 15.9 Å². The topological polar surface area (TPSA) is 68.3 Å². The van der Waals surface area contributed by atoms with E-state index >= 15 is 0 Å². The number of fused-ring (bicyclic) bond motifs is 1. The van der Waals surface area contributed by atoms with Crippen LogP contribution in [0.15, 0.2) is 33.2 Å². The monoisotopic (exact) mass is 332 g/mol. The second kappa shape index (κ2) is 5.26. The number of hydrogen-bond acceptors (Lipinski definition) is 3. The van der Waals surface area contributed by atoms with Crippen LogP contribution in [0.3, 0.4) is 0 Å². The number of halogens is 3. The number of benzene rings is 1. The number of nitrogens with two attached hydrogens (primary N) is 1. The van der Waals surface area contributed by atoms with E-state index in [2.05, 4.69) is 21.2 Å². The maximum Gasteiger partial charge on any atom is 0.287 e. The van der Waals surface area contributed by atoms with E-state index in [9.17, 15) is 13.6 Å². The van der Waals surface area contributed by atoms with Crippen molar-refractivity contribution in [2.45, 2.75) is 5.92 Å². The summed E-state index contributed by atoms with van der Waals surface area (Å²) < 4.78 is 31.9. The van der Waals surface area contributed by atoms with E-state index in [4.69, 9.17) is 10.2 Å². The molecule has 3 N–H and O–H groups in total. The first-order valence-corrected chi connectivity index (χ1v) is 6.26. The molecule has 4 nitrogen and oxygen atoms in total. The zero-order chi connectivity index (χ0) is 14.0. The molecular weight excluding hydrogens is 322 g/mol. The minimum Gasteiger partial charge on any atom is -0.451 e. The number of furan rings is 1. The highest BCUT2D eigenvalue weighted by Crippen LogP contribution is 2.23. The van der Waals surface area contributed by atoms with Crippen molar-refractivity contribution in [3.05, 3.63) is 34.5 Å². The fourth-order valence-corrected chi connectivity index (χ4v) is 1.87. The molecule has 1 heterocycles. The van der Waals surface area contributed by atoms with E-state index in [1.165, 1.54) is 6.07 Å². The molecule has 0 spiro atoms. The predicted molar refractivity (Wildman–Crippen MR) is 70.2 cm³/mol. The predicted octanol–water partition coefficient (Wildman–Crippen LogP) is 2.52. The third-order valence-corrected chi connectivity index (χ3v) is 3.00. The van der Waals surface area contributed by atoms with Gasteiger partial charge in [0.05, 0.1) is 13.1 Å². The van der Waals surface area contributed by atoms with Gasteiger partial charge in [0.25, 0.3) is 11.8 Å². The minimum atomic E-state index is -3.12. The summed E-state index contributed by atoms with van der Waals surface area (Å²) in [6.07, 6.45) is 0. The van der Waals surface area contributed by atoms with Gasteiger partial charge in [-0.15, -0.1) is 0 Å². The molecule has 0 unspecified atom stereocenters. The van der Waals surface area contributed by atoms with Crippen LogP contribution in [0, 0.1) is 0 Å². The van der Waals surface area contributed by atoms with Crippen LogP contribution in [0.2, 0.25) is 0 Å². The smallest absolute Gasteiger partial charge is 0.287 e. The van der Waals surface area contributed by atoms with Gasteiger partial charge in [-0.3, -0.25) is 4.79 Å². The first kappa shape index (κ1) is 14.0. The van der Waals surface area contributed by atoms with Crippen molar-refractivity contribution < 1.29 is 18.0 Å². The standard InChI is InChI=1S/C12H11BrF2N2O2/c13-8-1-2-9-7(3-8)4-10(19-9)11(18)17-6-12(14,15)5-16/h1-4H,5-6,16H2,(H,17,18). The maximum atomic E-state index is 12.9. The van der Waals surface area contributed by atoms with E-state index < -0.39 is 24.9 Å². The lowest BCUT2D eigenvalue weighted by Crippen LogP contribution is -2.41. The molecule has 0 saturated heterocycles. The highest BCUT2D eigenvalue weighted by Gasteiger charge is 2.28. The van der Waals surface area contributed by atoms with Gasteiger partial charge < -0.3 is 15.5 Å². The minimum absolute atomic E-state index is 0.0130. The molecule has 0 radical (unpaired) electrons. The highest BCUT2D eigenvalue weighted by atomic mass is 79.9. The van der Waals surface area contributed by atoms with Crippen molar-refractivity contribution >= 4 is 32.8 Å². The van der Waals surface area contributed by atoms with E-state index in [1.54, 1.807) is 18.2 Å². The van der Waals surface area contributed by atoms with Gasteiger partial charge in [-0.2, -0.15) is 0 Å². The fraction of sp³-hybridized carbons (Fsp3) is 0.250. The van der Waals surface area contributed by atoms with Gasteiger partial charge in [0.1, 0.15) is 5.58 Å². The van der Waals surface area contributed by atoms with Crippen LogP contribution in [0.5, 0.6) is 0 Å². The Morgan fingerprint density at radius 2 is 2.16 bits per heavy atom. The van der Waals surface area contributed by atoms with Crippen LogP contribution < -0.4 is 11.1 Å². The summed E-state index contributed by atoms with van der Waals surface area (Å²) in [4.78, 5) is 11.7. The number of carbonyl (C=O) groups excluding carboxylic acids is 1. The van der Waals surface area contributed by atoms with Crippen LogP contribution in [0.1, 0.15) is 10.6 Å². The molecule has 19 heavy (non-hydrogen) atoms. The number of nitrogens with one attached hydrogen (secondary N) is 1. The molecule has 0 bridgehead atoms. The number of hydrogen-bond donors (Lipinski definition) is 2. The van der Waals surface area contributed by atoms with Gasteiger partial charge in [0.15, 0.2) is 5.76 Å². The first-order chi connectivity index (χ1) is 8.91. The molecule has 0 atom stereocenters. The number of alkyl halides is 2. The van der Waals surface area contributed by atoms with Crippen LogP contribution in [0.25, 0.3) is 11.0 Å². The average molecular weight is 333 g/mol. The third kappa shape index (κ3) is 3.30. The summed E-state index contributed by atoms with van der Waals surface area (Å²) in [6, 6.07) is 6.71. The number of rotatable bonds is 4. The van der Waals surface area contributed by atoms with Crippen molar-refractivity contribution in [3.8, 4) is 0 Å². The zero-order valence-electron chi connectivity index (χ0n) is 9.75. The van der Waals surface area contributed by atoms with E-state index in [1.807, 2.05) is 0 Å². The molecule has 1 aromatic heterocycles. The summed E-state index contributed by atoms with van der Waals surface area (Å²) in [5, 5.41) is 2.80. The van der Waals surface area contributed by atoms with Crippen molar-refractivity contribution in [1.82, 2.24) is 5.32 Å². The second-order valence-electron chi connectivity index (χ2n) is 4.04. The summed E-state index contributed by atoms with van der Waals surface area (Å²) >= 11 is 3.29. The van der Waals surface area contributed by atoms with Crippen LogP contribution in [-0.2, 0) is 0 Å². The Morgan fingerprint density at radius 3 is 2.84 bits per heavy atom. The Labute approximate surface area is 116 Å². The molecule has 0 aliphatic heterocycles. The van der Waals surface area contributed by atoms with Gasteiger partial charge in [0.2, 0.25) is 0 Å². The van der Waals surface area contributed by atoms with Crippen molar-refractivity contribution in [1.29, 1.82) is 0 Å². The van der Waals surface area contributed by atoms with Gasteiger partial charge >= 0.3 is 0 Å². The molecule has 1 amide bonds. The molecule has 102 valence electrons. The van der Waals surface area contributed by atoms with Crippen LogP contribution in [0.4, 0.5) is 8.78 Å². The highest BCUT2D eigenvalue weighted by molar-refractivity contribution is 9.10. The zero-order valence-corrected chi connectivity index (χ0v) is 11.3. The molecule has 0 aliphatic rings. The number of amides is 1. The Balaban J connectivity index is 2.13. The van der Waals surface area contributed by atoms with E-state index in [0.29, 0.717) is 11.0 Å². The van der Waals surface area contributed by atoms with Gasteiger partial charge in [0, 0.05) is 9.86 Å². The summed E-state index contributed by atoms with van der Waals surface area (Å²) in [6.45, 7) is -1.64.